The number of carbonyl (C=O) groups excluding carboxylic acids is 2. The summed E-state index contributed by atoms with van der Waals surface area (Å²) in [5.74, 6) is -0.983. The number of carbonyl (C=O) groups is 2. The van der Waals surface area contributed by atoms with Gasteiger partial charge in [0, 0.05) is 29.7 Å². The number of aryl methyl sites for hydroxylation is 2. The summed E-state index contributed by atoms with van der Waals surface area (Å²) in [6, 6.07) is 17.2. The summed E-state index contributed by atoms with van der Waals surface area (Å²) < 4.78 is 35.4. The Morgan fingerprint density at radius 1 is 1.00 bits per heavy atom. The Kier molecular flexibility index (Phi) is 8.28. The van der Waals surface area contributed by atoms with E-state index in [2.05, 4.69) is 4.72 Å². The summed E-state index contributed by atoms with van der Waals surface area (Å²) in [5, 5.41) is 11.1. The number of hydrogen-bond donors (Lipinski definition) is 2. The van der Waals surface area contributed by atoms with Crippen molar-refractivity contribution in [2.45, 2.75) is 63.1 Å². The fourth-order valence-electron chi connectivity index (χ4n) is 5.56. The number of nitrogens with zero attached hydrogens (tertiary/aromatic N) is 1. The number of aromatic nitrogens is 1. The van der Waals surface area contributed by atoms with E-state index in [1.54, 1.807) is 37.3 Å². The highest BCUT2D eigenvalue weighted by Crippen LogP contribution is 2.27. The second kappa shape index (κ2) is 11.9. The topological polar surface area (TPSA) is 115 Å². The molecule has 2 N–H and O–H groups in total. The fourth-order valence-corrected chi connectivity index (χ4v) is 6.78. The van der Waals surface area contributed by atoms with Crippen molar-refractivity contribution in [1.29, 1.82) is 0 Å². The third-order valence-electron chi connectivity index (χ3n) is 7.72. The Morgan fingerprint density at radius 3 is 2.49 bits per heavy atom. The van der Waals surface area contributed by atoms with Crippen LogP contribution < -0.4 is 4.72 Å². The smallest absolute Gasteiger partial charge is 0.310 e. The minimum atomic E-state index is -4.06. The molecule has 1 fully saturated rings. The molecule has 5 rings (SSSR count). The Bertz CT molecular complexity index is 1720. The van der Waals surface area contributed by atoms with Gasteiger partial charge in [-0.3, -0.25) is 9.59 Å². The number of ether oxygens (including phenoxy) is 1. The number of nitrogens with one attached hydrogen (secondary N) is 1. The van der Waals surface area contributed by atoms with E-state index < -0.39 is 15.9 Å². The maximum Gasteiger partial charge on any atom is 0.310 e. The van der Waals surface area contributed by atoms with Crippen molar-refractivity contribution < 1.29 is 27.9 Å². The number of esters is 1. The molecule has 41 heavy (non-hydrogen) atoms. The van der Waals surface area contributed by atoms with E-state index in [0.29, 0.717) is 17.5 Å². The van der Waals surface area contributed by atoms with Crippen LogP contribution in [0.5, 0.6) is 0 Å². The second-order valence-electron chi connectivity index (χ2n) is 10.7. The van der Waals surface area contributed by atoms with Crippen molar-refractivity contribution in [3.63, 3.8) is 0 Å². The third kappa shape index (κ3) is 6.36. The predicted molar refractivity (Wildman–Crippen MR) is 156 cm³/mol. The molecule has 0 aliphatic heterocycles. The molecule has 1 saturated carbocycles. The summed E-state index contributed by atoms with van der Waals surface area (Å²) in [7, 11) is -2.10. The Labute approximate surface area is 240 Å². The van der Waals surface area contributed by atoms with Crippen molar-refractivity contribution in [3.8, 4) is 0 Å². The Hall–Kier alpha value is -3.95. The zero-order valence-electron chi connectivity index (χ0n) is 23.2. The van der Waals surface area contributed by atoms with Gasteiger partial charge in [-0.2, -0.15) is 0 Å². The number of fused-ring (bicyclic) bond motifs is 1. The Balaban J connectivity index is 1.35. The summed E-state index contributed by atoms with van der Waals surface area (Å²) in [4.78, 5) is 25.4. The number of sulfonamides is 1. The second-order valence-corrected chi connectivity index (χ2v) is 12.4. The first-order chi connectivity index (χ1) is 19.6. The van der Waals surface area contributed by atoms with E-state index in [4.69, 9.17) is 4.74 Å². The molecule has 0 saturated heterocycles. The SMILES string of the molecule is Cc1ccccc1S(=O)(=O)NC(=O)c1ccc(Cc2cn(C)c3ccc(CC(=O)OC4CCCC4)cc23)c(CO)c1. The van der Waals surface area contributed by atoms with Gasteiger partial charge in [0.15, 0.2) is 0 Å². The first kappa shape index (κ1) is 28.6. The zero-order chi connectivity index (χ0) is 29.1. The lowest BCUT2D eigenvalue weighted by Gasteiger charge is -2.12. The normalized spacial score (nSPS) is 13.9. The zero-order valence-corrected chi connectivity index (χ0v) is 24.0. The van der Waals surface area contributed by atoms with E-state index in [-0.39, 0.29) is 35.6 Å². The average Bonchev–Trinajstić information content (AvgIpc) is 3.56. The van der Waals surface area contributed by atoms with Gasteiger partial charge in [-0.05, 0) is 97.2 Å². The van der Waals surface area contributed by atoms with Crippen molar-refractivity contribution in [1.82, 2.24) is 9.29 Å². The number of benzene rings is 3. The van der Waals surface area contributed by atoms with Crippen molar-refractivity contribution in [2.75, 3.05) is 0 Å². The molecule has 1 aromatic heterocycles. The quantitative estimate of drug-likeness (QED) is 0.280. The van der Waals surface area contributed by atoms with Gasteiger partial charge >= 0.3 is 5.97 Å². The largest absolute Gasteiger partial charge is 0.462 e. The van der Waals surface area contributed by atoms with Crippen LogP contribution in [0.2, 0.25) is 0 Å². The van der Waals surface area contributed by atoms with E-state index in [0.717, 1.165) is 53.3 Å². The van der Waals surface area contributed by atoms with Crippen LogP contribution in [-0.4, -0.2) is 36.1 Å². The molecular weight excluding hydrogens is 540 g/mol. The van der Waals surface area contributed by atoms with Crippen LogP contribution >= 0.6 is 0 Å². The summed E-state index contributed by atoms with van der Waals surface area (Å²) in [6.45, 7) is 1.35. The van der Waals surface area contributed by atoms with Gasteiger partial charge < -0.3 is 14.4 Å². The van der Waals surface area contributed by atoms with E-state index in [1.807, 2.05) is 36.0 Å². The maximum absolute atomic E-state index is 12.9. The van der Waals surface area contributed by atoms with E-state index >= 15 is 0 Å². The summed E-state index contributed by atoms with van der Waals surface area (Å²) in [5.41, 5.74) is 4.89. The molecule has 4 aromatic rings. The van der Waals surface area contributed by atoms with Crippen LogP contribution in [0.1, 0.15) is 63.9 Å². The molecule has 214 valence electrons. The highest BCUT2D eigenvalue weighted by molar-refractivity contribution is 7.90. The summed E-state index contributed by atoms with van der Waals surface area (Å²) >= 11 is 0. The monoisotopic (exact) mass is 574 g/mol. The lowest BCUT2D eigenvalue weighted by Crippen LogP contribution is -2.31. The highest BCUT2D eigenvalue weighted by atomic mass is 32.2. The van der Waals surface area contributed by atoms with Crippen LogP contribution in [0, 0.1) is 6.92 Å². The molecule has 8 nitrogen and oxygen atoms in total. The first-order valence-electron chi connectivity index (χ1n) is 13.8. The minimum Gasteiger partial charge on any atom is -0.462 e. The molecule has 1 aliphatic carbocycles. The number of rotatable bonds is 9. The first-order valence-corrected chi connectivity index (χ1v) is 15.2. The predicted octanol–water partition coefficient (Wildman–Crippen LogP) is 4.72. The van der Waals surface area contributed by atoms with Crippen LogP contribution in [0.25, 0.3) is 10.9 Å². The molecule has 9 heteroatoms. The van der Waals surface area contributed by atoms with Crippen LogP contribution in [0.15, 0.2) is 71.8 Å². The number of aliphatic hydroxyl groups is 1. The molecule has 0 bridgehead atoms. The van der Waals surface area contributed by atoms with Crippen molar-refractivity contribution in [3.05, 3.63) is 100 Å². The van der Waals surface area contributed by atoms with E-state index in [9.17, 15) is 23.1 Å². The number of hydrogen-bond acceptors (Lipinski definition) is 6. The molecule has 0 atom stereocenters. The molecule has 1 amide bonds. The Morgan fingerprint density at radius 2 is 1.76 bits per heavy atom. The lowest BCUT2D eigenvalue weighted by atomic mass is 9.97. The molecule has 0 radical (unpaired) electrons. The maximum atomic E-state index is 12.9. The van der Waals surface area contributed by atoms with Gasteiger partial charge in [-0.15, -0.1) is 0 Å². The molecule has 3 aromatic carbocycles. The number of amides is 1. The van der Waals surface area contributed by atoms with Crippen LogP contribution in [0.3, 0.4) is 0 Å². The molecule has 1 heterocycles. The van der Waals surface area contributed by atoms with Crippen LogP contribution in [0.4, 0.5) is 0 Å². The molecule has 0 spiro atoms. The van der Waals surface area contributed by atoms with Gasteiger partial charge in [0.25, 0.3) is 15.9 Å². The third-order valence-corrected chi connectivity index (χ3v) is 9.21. The standard InChI is InChI=1S/C32H34N2O6S/c1-21-7-3-6-10-30(21)41(38,39)33-32(37)24-13-12-23(26(18-24)20-35)17-25-19-34(2)29-14-11-22(15-28(25)29)16-31(36)40-27-8-4-5-9-27/h3,6-7,10-15,18-19,27,35H,4-5,8-9,16-17,20H2,1-2H3,(H,33,37). The fraction of sp³-hybridized carbons (Fsp3) is 0.312. The van der Waals surface area contributed by atoms with Crippen molar-refractivity contribution >= 4 is 32.8 Å². The van der Waals surface area contributed by atoms with Gasteiger partial charge in [-0.25, -0.2) is 13.1 Å². The van der Waals surface area contributed by atoms with Crippen molar-refractivity contribution in [2.24, 2.45) is 7.05 Å². The minimum absolute atomic E-state index is 0.0306. The van der Waals surface area contributed by atoms with Gasteiger partial charge in [0.1, 0.15) is 6.10 Å². The lowest BCUT2D eigenvalue weighted by molar-refractivity contribution is -0.147. The highest BCUT2D eigenvalue weighted by Gasteiger charge is 2.22. The van der Waals surface area contributed by atoms with E-state index in [1.165, 1.54) is 12.1 Å². The van der Waals surface area contributed by atoms with Gasteiger partial charge in [0.05, 0.1) is 17.9 Å². The molecule has 1 aliphatic rings. The molecule has 0 unspecified atom stereocenters. The summed E-state index contributed by atoms with van der Waals surface area (Å²) in [6.07, 6.45) is 6.80. The van der Waals surface area contributed by atoms with Gasteiger partial charge in [0.2, 0.25) is 0 Å². The van der Waals surface area contributed by atoms with Gasteiger partial charge in [-0.1, -0.05) is 30.3 Å². The molecular formula is C32H34N2O6S. The average molecular weight is 575 g/mol. The van der Waals surface area contributed by atoms with Crippen LogP contribution in [-0.2, 0) is 46.1 Å². The number of aliphatic hydroxyl groups excluding tert-OH is 1.